The Morgan fingerprint density at radius 1 is 1.30 bits per heavy atom. The molecule has 2 fully saturated rings. The average molecular weight is 339 g/mol. The summed E-state index contributed by atoms with van der Waals surface area (Å²) in [6, 6.07) is 7.15. The van der Waals surface area contributed by atoms with Gasteiger partial charge >= 0.3 is 0 Å². The Morgan fingerprint density at radius 3 is 2.60 bits per heavy atom. The van der Waals surface area contributed by atoms with Gasteiger partial charge in [0.1, 0.15) is 0 Å². The first-order valence-corrected chi connectivity index (χ1v) is 8.22. The maximum atomic E-state index is 5.64. The number of aryl methyl sites for hydroxylation is 1. The van der Waals surface area contributed by atoms with E-state index in [0.29, 0.717) is 6.04 Å². The first kappa shape index (κ1) is 14.5. The van der Waals surface area contributed by atoms with Gasteiger partial charge in [-0.1, -0.05) is 22.0 Å². The second kappa shape index (κ2) is 5.76. The number of halogens is 1. The summed E-state index contributed by atoms with van der Waals surface area (Å²) < 4.78 is 6.81. The van der Waals surface area contributed by atoms with E-state index in [1.807, 2.05) is 0 Å². The minimum absolute atomic E-state index is 0.158. The third-order valence-corrected chi connectivity index (χ3v) is 5.45. The lowest BCUT2D eigenvalue weighted by Crippen LogP contribution is -2.62. The smallest absolute Gasteiger partial charge is 0.0600 e. The highest BCUT2D eigenvalue weighted by Crippen LogP contribution is 2.40. The SMILES string of the molecule is Cc1ccc(Br)cc1C1(C(C)N2CCNCC2)COC1. The monoisotopic (exact) mass is 338 g/mol. The predicted molar refractivity (Wildman–Crippen MR) is 85.3 cm³/mol. The van der Waals surface area contributed by atoms with Gasteiger partial charge in [0.2, 0.25) is 0 Å². The minimum Gasteiger partial charge on any atom is -0.379 e. The topological polar surface area (TPSA) is 24.5 Å². The van der Waals surface area contributed by atoms with Crippen LogP contribution in [0.3, 0.4) is 0 Å². The summed E-state index contributed by atoms with van der Waals surface area (Å²) in [5, 5.41) is 3.44. The Kier molecular flexibility index (Phi) is 4.18. The van der Waals surface area contributed by atoms with Gasteiger partial charge in [-0.3, -0.25) is 4.90 Å². The molecule has 1 atom stereocenters. The molecular weight excluding hydrogens is 316 g/mol. The van der Waals surface area contributed by atoms with Gasteiger partial charge in [0.15, 0.2) is 0 Å². The van der Waals surface area contributed by atoms with Crippen molar-refractivity contribution in [2.24, 2.45) is 0 Å². The van der Waals surface area contributed by atoms with E-state index in [9.17, 15) is 0 Å². The van der Waals surface area contributed by atoms with E-state index in [1.54, 1.807) is 0 Å². The Hall–Kier alpha value is -0.420. The molecule has 2 saturated heterocycles. The summed E-state index contributed by atoms with van der Waals surface area (Å²) in [5.74, 6) is 0. The fourth-order valence-corrected chi connectivity index (χ4v) is 3.85. The van der Waals surface area contributed by atoms with Crippen molar-refractivity contribution in [3.63, 3.8) is 0 Å². The van der Waals surface area contributed by atoms with Gasteiger partial charge in [0.05, 0.1) is 18.6 Å². The molecule has 4 heteroatoms. The molecule has 2 aliphatic rings. The van der Waals surface area contributed by atoms with Crippen LogP contribution in [-0.2, 0) is 10.2 Å². The molecule has 2 aliphatic heterocycles. The number of benzene rings is 1. The van der Waals surface area contributed by atoms with Gasteiger partial charge < -0.3 is 10.1 Å². The van der Waals surface area contributed by atoms with Crippen LogP contribution < -0.4 is 5.32 Å². The summed E-state index contributed by atoms with van der Waals surface area (Å²) in [7, 11) is 0. The first-order chi connectivity index (χ1) is 9.63. The zero-order chi connectivity index (χ0) is 14.2. The van der Waals surface area contributed by atoms with Crippen molar-refractivity contribution in [1.82, 2.24) is 10.2 Å². The van der Waals surface area contributed by atoms with Crippen LogP contribution in [-0.4, -0.2) is 50.3 Å². The van der Waals surface area contributed by atoms with Gasteiger partial charge in [-0.2, -0.15) is 0 Å². The molecule has 0 radical (unpaired) electrons. The molecule has 0 aromatic heterocycles. The van der Waals surface area contributed by atoms with Crippen molar-refractivity contribution in [3.8, 4) is 0 Å². The molecule has 1 aromatic carbocycles. The summed E-state index contributed by atoms with van der Waals surface area (Å²) in [6.07, 6.45) is 0. The maximum Gasteiger partial charge on any atom is 0.0600 e. The molecule has 1 aromatic rings. The molecule has 1 unspecified atom stereocenters. The van der Waals surface area contributed by atoms with Gasteiger partial charge in [-0.15, -0.1) is 0 Å². The van der Waals surface area contributed by atoms with Crippen LogP contribution in [0.2, 0.25) is 0 Å². The molecule has 1 N–H and O–H groups in total. The Morgan fingerprint density at radius 2 is 2.00 bits per heavy atom. The van der Waals surface area contributed by atoms with Crippen molar-refractivity contribution in [1.29, 1.82) is 0 Å². The fourth-order valence-electron chi connectivity index (χ4n) is 3.49. The van der Waals surface area contributed by atoms with Crippen LogP contribution in [0.15, 0.2) is 22.7 Å². The number of hydrogen-bond acceptors (Lipinski definition) is 3. The van der Waals surface area contributed by atoms with Crippen molar-refractivity contribution in [2.45, 2.75) is 25.3 Å². The second-order valence-corrected chi connectivity index (χ2v) is 6.99. The van der Waals surface area contributed by atoms with Gasteiger partial charge in [-0.25, -0.2) is 0 Å². The lowest BCUT2D eigenvalue weighted by atomic mass is 9.70. The summed E-state index contributed by atoms with van der Waals surface area (Å²) in [5.41, 5.74) is 2.98. The highest BCUT2D eigenvalue weighted by Gasteiger charge is 2.48. The van der Waals surface area contributed by atoms with E-state index < -0.39 is 0 Å². The number of hydrogen-bond donors (Lipinski definition) is 1. The molecule has 110 valence electrons. The lowest BCUT2D eigenvalue weighted by molar-refractivity contribution is -0.101. The average Bonchev–Trinajstić information content (AvgIpc) is 2.42. The van der Waals surface area contributed by atoms with Gasteiger partial charge in [-0.05, 0) is 37.1 Å². The van der Waals surface area contributed by atoms with E-state index in [1.165, 1.54) is 11.1 Å². The summed E-state index contributed by atoms with van der Waals surface area (Å²) in [4.78, 5) is 2.61. The minimum atomic E-state index is 0.158. The van der Waals surface area contributed by atoms with Crippen molar-refractivity contribution in [2.75, 3.05) is 39.4 Å². The normalized spacial score (nSPS) is 24.1. The van der Waals surface area contributed by atoms with Crippen LogP contribution in [0.25, 0.3) is 0 Å². The van der Waals surface area contributed by atoms with Crippen molar-refractivity contribution in [3.05, 3.63) is 33.8 Å². The second-order valence-electron chi connectivity index (χ2n) is 6.07. The largest absolute Gasteiger partial charge is 0.379 e. The molecule has 20 heavy (non-hydrogen) atoms. The number of piperazine rings is 1. The zero-order valence-electron chi connectivity index (χ0n) is 12.3. The molecule has 3 nitrogen and oxygen atoms in total. The number of ether oxygens (including phenoxy) is 1. The molecule has 0 aliphatic carbocycles. The highest BCUT2D eigenvalue weighted by molar-refractivity contribution is 9.10. The third kappa shape index (κ3) is 2.43. The summed E-state index contributed by atoms with van der Waals surface area (Å²) >= 11 is 3.62. The summed E-state index contributed by atoms with van der Waals surface area (Å²) in [6.45, 7) is 10.7. The van der Waals surface area contributed by atoms with E-state index in [2.05, 4.69) is 58.2 Å². The number of nitrogens with one attached hydrogen (secondary N) is 1. The zero-order valence-corrected chi connectivity index (χ0v) is 13.9. The Bertz CT molecular complexity index is 481. The lowest BCUT2D eigenvalue weighted by Gasteiger charge is -2.51. The van der Waals surface area contributed by atoms with Crippen LogP contribution in [0.1, 0.15) is 18.1 Å². The third-order valence-electron chi connectivity index (χ3n) is 4.95. The van der Waals surface area contributed by atoms with Crippen LogP contribution >= 0.6 is 15.9 Å². The fraction of sp³-hybridized carbons (Fsp3) is 0.625. The van der Waals surface area contributed by atoms with Crippen LogP contribution in [0.5, 0.6) is 0 Å². The Balaban J connectivity index is 1.91. The van der Waals surface area contributed by atoms with E-state index >= 15 is 0 Å². The van der Waals surface area contributed by atoms with E-state index in [4.69, 9.17) is 4.74 Å². The number of nitrogens with zero attached hydrogens (tertiary/aromatic N) is 1. The molecule has 2 heterocycles. The molecule has 3 rings (SSSR count). The quantitative estimate of drug-likeness (QED) is 0.915. The van der Waals surface area contributed by atoms with E-state index in [0.717, 1.165) is 43.9 Å². The van der Waals surface area contributed by atoms with Crippen molar-refractivity contribution >= 4 is 15.9 Å². The Labute approximate surface area is 129 Å². The van der Waals surface area contributed by atoms with E-state index in [-0.39, 0.29) is 5.41 Å². The van der Waals surface area contributed by atoms with Crippen LogP contribution in [0.4, 0.5) is 0 Å². The number of rotatable bonds is 3. The molecule has 0 bridgehead atoms. The van der Waals surface area contributed by atoms with Crippen molar-refractivity contribution < 1.29 is 4.74 Å². The van der Waals surface area contributed by atoms with Crippen LogP contribution in [0, 0.1) is 6.92 Å². The standard InChI is InChI=1S/C16H23BrN2O/c1-12-3-4-14(17)9-15(12)16(10-20-11-16)13(2)19-7-5-18-6-8-19/h3-4,9,13,18H,5-8,10-11H2,1-2H3. The van der Waals surface area contributed by atoms with Gasteiger partial charge in [0.25, 0.3) is 0 Å². The highest BCUT2D eigenvalue weighted by atomic mass is 79.9. The predicted octanol–water partition coefficient (Wildman–Crippen LogP) is 2.32. The first-order valence-electron chi connectivity index (χ1n) is 7.43. The van der Waals surface area contributed by atoms with Gasteiger partial charge in [0, 0.05) is 36.7 Å². The molecular formula is C16H23BrN2O. The molecule has 0 amide bonds. The molecule has 0 spiro atoms. The molecule has 0 saturated carbocycles. The maximum absolute atomic E-state index is 5.64.